The van der Waals surface area contributed by atoms with E-state index < -0.39 is 11.6 Å². The fraction of sp³-hybridized carbons (Fsp3) is 0.316. The van der Waals surface area contributed by atoms with Crippen LogP contribution in [0.2, 0.25) is 0 Å². The van der Waals surface area contributed by atoms with Gasteiger partial charge in [-0.05, 0) is 54.9 Å². The Labute approximate surface area is 161 Å². The molecule has 0 aliphatic carbocycles. The number of hydrogen-bond acceptors (Lipinski definition) is 3. The van der Waals surface area contributed by atoms with Gasteiger partial charge in [-0.25, -0.2) is 13.2 Å². The predicted octanol–water partition coefficient (Wildman–Crippen LogP) is 3.17. The highest BCUT2D eigenvalue weighted by Crippen LogP contribution is 2.27. The summed E-state index contributed by atoms with van der Waals surface area (Å²) in [7, 11) is 0. The highest BCUT2D eigenvalue weighted by molar-refractivity contribution is 5.85. The molecule has 1 amide bonds. The summed E-state index contributed by atoms with van der Waals surface area (Å²) in [5.74, 6) is -2.25. The van der Waals surface area contributed by atoms with Gasteiger partial charge in [0.2, 0.25) is 0 Å². The van der Waals surface area contributed by atoms with Crippen molar-refractivity contribution in [2.75, 3.05) is 19.7 Å². The van der Waals surface area contributed by atoms with Crippen molar-refractivity contribution in [2.45, 2.75) is 18.4 Å². The van der Waals surface area contributed by atoms with Crippen molar-refractivity contribution in [3.05, 3.63) is 65.5 Å². The largest absolute Gasteiger partial charge is 0.484 e. The van der Waals surface area contributed by atoms with Gasteiger partial charge in [-0.2, -0.15) is 0 Å². The minimum Gasteiger partial charge on any atom is -0.484 e. The van der Waals surface area contributed by atoms with Crippen LogP contribution < -0.4 is 15.4 Å². The van der Waals surface area contributed by atoms with Crippen LogP contribution in [0.3, 0.4) is 0 Å². The molecule has 8 heteroatoms. The molecule has 2 aromatic carbocycles. The van der Waals surface area contributed by atoms with E-state index in [0.717, 1.165) is 12.6 Å². The summed E-state index contributed by atoms with van der Waals surface area (Å²) in [6.45, 7) is 1.03. The summed E-state index contributed by atoms with van der Waals surface area (Å²) in [5.41, 5.74) is 0.648. The van der Waals surface area contributed by atoms with Crippen molar-refractivity contribution in [1.82, 2.24) is 10.6 Å². The van der Waals surface area contributed by atoms with Gasteiger partial charge in [-0.1, -0.05) is 6.07 Å². The van der Waals surface area contributed by atoms with Crippen LogP contribution in [-0.4, -0.2) is 31.6 Å². The molecule has 146 valence electrons. The van der Waals surface area contributed by atoms with Crippen LogP contribution in [0.1, 0.15) is 17.9 Å². The molecule has 0 bridgehead atoms. The molecule has 27 heavy (non-hydrogen) atoms. The summed E-state index contributed by atoms with van der Waals surface area (Å²) in [4.78, 5) is 12.2. The highest BCUT2D eigenvalue weighted by atomic mass is 35.5. The molecule has 4 nitrogen and oxygen atoms in total. The number of ether oxygens (including phenoxy) is 1. The van der Waals surface area contributed by atoms with Crippen LogP contribution >= 0.6 is 12.4 Å². The Kier molecular flexibility index (Phi) is 7.50. The molecule has 2 unspecified atom stereocenters. The van der Waals surface area contributed by atoms with E-state index in [0.29, 0.717) is 24.3 Å². The molecule has 2 N–H and O–H groups in total. The van der Waals surface area contributed by atoms with E-state index in [2.05, 4.69) is 10.6 Å². The first kappa shape index (κ1) is 21.1. The number of rotatable bonds is 5. The van der Waals surface area contributed by atoms with E-state index in [1.54, 1.807) is 6.07 Å². The minimum atomic E-state index is -0.897. The number of halogens is 4. The Morgan fingerprint density at radius 3 is 2.56 bits per heavy atom. The Balaban J connectivity index is 0.00000261. The second-order valence-corrected chi connectivity index (χ2v) is 6.19. The van der Waals surface area contributed by atoms with E-state index in [9.17, 15) is 18.0 Å². The Bertz CT molecular complexity index is 774. The fourth-order valence-corrected chi connectivity index (χ4v) is 3.08. The number of nitrogens with one attached hydrogen (secondary N) is 2. The summed E-state index contributed by atoms with van der Waals surface area (Å²) in [5, 5.41) is 6.05. The van der Waals surface area contributed by atoms with E-state index in [-0.39, 0.29) is 42.7 Å². The van der Waals surface area contributed by atoms with Gasteiger partial charge in [0.1, 0.15) is 11.6 Å². The second-order valence-electron chi connectivity index (χ2n) is 6.19. The normalized spacial score (nSPS) is 19.1. The number of benzene rings is 2. The average Bonchev–Trinajstić information content (AvgIpc) is 2.64. The molecule has 0 spiro atoms. The minimum absolute atomic E-state index is 0. The molecule has 0 aromatic heterocycles. The molecule has 3 rings (SSSR count). The Morgan fingerprint density at radius 2 is 1.85 bits per heavy atom. The van der Waals surface area contributed by atoms with Crippen molar-refractivity contribution >= 4 is 18.3 Å². The predicted molar refractivity (Wildman–Crippen MR) is 97.7 cm³/mol. The van der Waals surface area contributed by atoms with E-state index in [1.807, 2.05) is 0 Å². The molecule has 1 aliphatic rings. The van der Waals surface area contributed by atoms with Gasteiger partial charge in [-0.3, -0.25) is 4.79 Å². The van der Waals surface area contributed by atoms with Crippen LogP contribution in [0.5, 0.6) is 5.75 Å². The number of carbonyl (C=O) groups is 1. The summed E-state index contributed by atoms with van der Waals surface area (Å²) in [6.07, 6.45) is 0.689. The zero-order valence-electron chi connectivity index (χ0n) is 14.4. The van der Waals surface area contributed by atoms with Crippen LogP contribution in [0, 0.1) is 17.5 Å². The zero-order valence-corrected chi connectivity index (χ0v) is 15.2. The molecule has 2 atom stereocenters. The lowest BCUT2D eigenvalue weighted by Crippen LogP contribution is -2.51. The van der Waals surface area contributed by atoms with Crippen molar-refractivity contribution in [1.29, 1.82) is 0 Å². The van der Waals surface area contributed by atoms with Gasteiger partial charge in [0.25, 0.3) is 5.91 Å². The molecule has 0 radical (unpaired) electrons. The summed E-state index contributed by atoms with van der Waals surface area (Å²) >= 11 is 0. The van der Waals surface area contributed by atoms with Crippen LogP contribution in [0.4, 0.5) is 13.2 Å². The number of piperidine rings is 1. The van der Waals surface area contributed by atoms with Gasteiger partial charge < -0.3 is 15.4 Å². The third-order valence-corrected chi connectivity index (χ3v) is 4.38. The van der Waals surface area contributed by atoms with Crippen LogP contribution in [-0.2, 0) is 4.79 Å². The summed E-state index contributed by atoms with van der Waals surface area (Å²) < 4.78 is 44.9. The van der Waals surface area contributed by atoms with Crippen LogP contribution in [0.25, 0.3) is 0 Å². The number of carbonyl (C=O) groups excluding carboxylic acids is 1. The maximum absolute atomic E-state index is 13.5. The van der Waals surface area contributed by atoms with E-state index in [4.69, 9.17) is 4.74 Å². The van der Waals surface area contributed by atoms with Crippen LogP contribution in [0.15, 0.2) is 42.5 Å². The Morgan fingerprint density at radius 1 is 1.11 bits per heavy atom. The number of hydrogen-bond donors (Lipinski definition) is 2. The monoisotopic (exact) mass is 400 g/mol. The standard InChI is InChI=1S/C19H19F3N2O2.ClH/c20-13-2-4-14(5-3-13)26-11-19(25)24-18-10-23-8-7-15(18)12-1-6-16(21)17(22)9-12;/h1-6,9,15,18,23H,7-8,10-11H2,(H,24,25);1H. The van der Waals surface area contributed by atoms with E-state index >= 15 is 0 Å². The number of amides is 1. The highest BCUT2D eigenvalue weighted by Gasteiger charge is 2.28. The molecule has 2 aromatic rings. The van der Waals surface area contributed by atoms with Crippen molar-refractivity contribution in [3.8, 4) is 5.75 Å². The first-order valence-electron chi connectivity index (χ1n) is 8.36. The fourth-order valence-electron chi connectivity index (χ4n) is 3.08. The third kappa shape index (κ3) is 5.61. The van der Waals surface area contributed by atoms with E-state index in [1.165, 1.54) is 30.3 Å². The van der Waals surface area contributed by atoms with Crippen molar-refractivity contribution in [3.63, 3.8) is 0 Å². The lowest BCUT2D eigenvalue weighted by molar-refractivity contribution is -0.124. The van der Waals surface area contributed by atoms with Gasteiger partial charge in [0.15, 0.2) is 18.2 Å². The molecular weight excluding hydrogens is 381 g/mol. The molecule has 0 saturated carbocycles. The van der Waals surface area contributed by atoms with Crippen molar-refractivity contribution in [2.24, 2.45) is 0 Å². The van der Waals surface area contributed by atoms with Gasteiger partial charge in [0.05, 0.1) is 0 Å². The first-order valence-corrected chi connectivity index (χ1v) is 8.36. The van der Waals surface area contributed by atoms with Gasteiger partial charge in [0, 0.05) is 18.5 Å². The van der Waals surface area contributed by atoms with Gasteiger partial charge >= 0.3 is 0 Å². The molecular formula is C19H20ClF3N2O2. The quantitative estimate of drug-likeness (QED) is 0.810. The maximum atomic E-state index is 13.5. The average molecular weight is 401 g/mol. The lowest BCUT2D eigenvalue weighted by atomic mass is 9.86. The summed E-state index contributed by atoms with van der Waals surface area (Å²) in [6, 6.07) is 8.93. The lowest BCUT2D eigenvalue weighted by Gasteiger charge is -2.33. The topological polar surface area (TPSA) is 50.4 Å². The third-order valence-electron chi connectivity index (χ3n) is 4.38. The molecule has 1 fully saturated rings. The second kappa shape index (κ2) is 9.62. The zero-order chi connectivity index (χ0) is 18.5. The first-order chi connectivity index (χ1) is 12.5. The smallest absolute Gasteiger partial charge is 0.258 e. The molecule has 1 heterocycles. The Hall–Kier alpha value is -2.25. The SMILES string of the molecule is Cl.O=C(COc1ccc(F)cc1)NC1CNCCC1c1ccc(F)c(F)c1. The van der Waals surface area contributed by atoms with Gasteiger partial charge in [-0.15, -0.1) is 12.4 Å². The van der Waals surface area contributed by atoms with Crippen molar-refractivity contribution < 1.29 is 22.7 Å². The molecule has 1 aliphatic heterocycles. The molecule has 1 saturated heterocycles. The maximum Gasteiger partial charge on any atom is 0.258 e.